The van der Waals surface area contributed by atoms with Gasteiger partial charge in [0.1, 0.15) is 5.69 Å². The van der Waals surface area contributed by atoms with Crippen molar-refractivity contribution in [1.29, 1.82) is 0 Å². The molecule has 0 aliphatic heterocycles. The van der Waals surface area contributed by atoms with Crippen molar-refractivity contribution in [3.63, 3.8) is 0 Å². The monoisotopic (exact) mass is 431 g/mol. The largest absolute Gasteiger partial charge is 0.351 e. The predicted molar refractivity (Wildman–Crippen MR) is 130 cm³/mol. The molecule has 2 N–H and O–H groups in total. The van der Waals surface area contributed by atoms with Crippen LogP contribution in [0.25, 0.3) is 21.0 Å². The lowest BCUT2D eigenvalue weighted by atomic mass is 9.89. The van der Waals surface area contributed by atoms with E-state index in [4.69, 9.17) is 0 Å². The Morgan fingerprint density at radius 1 is 1.10 bits per heavy atom. The lowest BCUT2D eigenvalue weighted by Gasteiger charge is -2.37. The molecule has 2 heterocycles. The first-order chi connectivity index (χ1) is 15.2. The number of para-hydroxylation sites is 1. The van der Waals surface area contributed by atoms with Crippen molar-refractivity contribution in [2.24, 2.45) is 0 Å². The first kappa shape index (κ1) is 20.3. The third kappa shape index (κ3) is 4.25. The molecule has 5 heteroatoms. The van der Waals surface area contributed by atoms with Crippen molar-refractivity contribution in [2.45, 2.75) is 51.2 Å². The smallest absolute Gasteiger partial charge is 0.270 e. The quantitative estimate of drug-likeness (QED) is 0.396. The van der Waals surface area contributed by atoms with E-state index in [0.29, 0.717) is 11.7 Å². The molecular formula is C26H29N3OS. The summed E-state index contributed by atoms with van der Waals surface area (Å²) in [5, 5.41) is 6.19. The summed E-state index contributed by atoms with van der Waals surface area (Å²) in [7, 11) is 0. The van der Waals surface area contributed by atoms with Crippen LogP contribution in [0.4, 0.5) is 0 Å². The van der Waals surface area contributed by atoms with E-state index in [0.717, 1.165) is 43.3 Å². The molecule has 0 radical (unpaired) electrons. The Hall–Kier alpha value is -2.63. The number of amides is 1. The van der Waals surface area contributed by atoms with Gasteiger partial charge in [-0.15, -0.1) is 11.3 Å². The van der Waals surface area contributed by atoms with Crippen molar-refractivity contribution in [1.82, 2.24) is 15.2 Å². The molecule has 1 fully saturated rings. The van der Waals surface area contributed by atoms with E-state index in [1.165, 1.54) is 21.4 Å². The van der Waals surface area contributed by atoms with Crippen LogP contribution in [-0.2, 0) is 6.54 Å². The number of hydrogen-bond acceptors (Lipinski definition) is 3. The van der Waals surface area contributed by atoms with Gasteiger partial charge in [0.15, 0.2) is 0 Å². The zero-order valence-corrected chi connectivity index (χ0v) is 18.8. The van der Waals surface area contributed by atoms with E-state index in [-0.39, 0.29) is 11.9 Å². The highest BCUT2D eigenvalue weighted by atomic mass is 32.1. The Morgan fingerprint density at radius 3 is 2.71 bits per heavy atom. The molecule has 0 spiro atoms. The average molecular weight is 432 g/mol. The lowest BCUT2D eigenvalue weighted by Crippen LogP contribution is -2.46. The molecule has 5 rings (SSSR count). The number of benzene rings is 2. The Morgan fingerprint density at radius 2 is 1.90 bits per heavy atom. The molecule has 0 bridgehead atoms. The molecular weight excluding hydrogens is 402 g/mol. The minimum Gasteiger partial charge on any atom is -0.351 e. The first-order valence-electron chi connectivity index (χ1n) is 11.3. The molecule has 2 unspecified atom stereocenters. The van der Waals surface area contributed by atoms with E-state index in [2.05, 4.69) is 52.5 Å². The fraction of sp³-hybridized carbons (Fsp3) is 0.346. The summed E-state index contributed by atoms with van der Waals surface area (Å²) in [5.74, 6) is 0.119. The molecule has 4 nitrogen and oxygen atoms in total. The normalized spacial score (nSPS) is 19.1. The van der Waals surface area contributed by atoms with Gasteiger partial charge in [-0.25, -0.2) is 0 Å². The standard InChI is InChI=1S/C26H29N3OS/c1-2-29(26(30)24-15-18-8-3-5-12-23(18)28-24)21-11-7-10-20(16-21)27-17-22-14-19-9-4-6-13-25(19)31-22/h3-6,8-9,12-15,20-21,27-28H,2,7,10-11,16-17H2,1H3. The highest BCUT2D eigenvalue weighted by Crippen LogP contribution is 2.28. The van der Waals surface area contributed by atoms with E-state index >= 15 is 0 Å². The number of carbonyl (C=O) groups is 1. The fourth-order valence-electron chi connectivity index (χ4n) is 4.91. The lowest BCUT2D eigenvalue weighted by molar-refractivity contribution is 0.0623. The summed E-state index contributed by atoms with van der Waals surface area (Å²) in [5.41, 5.74) is 1.72. The fourth-order valence-corrected chi connectivity index (χ4v) is 5.93. The van der Waals surface area contributed by atoms with E-state index in [1.54, 1.807) is 0 Å². The average Bonchev–Trinajstić information content (AvgIpc) is 3.42. The number of thiophene rings is 1. The SMILES string of the molecule is CCN(C(=O)c1cc2ccccc2[nH]1)C1CCCC(NCc2cc3ccccc3s2)C1. The Labute approximate surface area is 187 Å². The molecule has 160 valence electrons. The molecule has 1 aliphatic rings. The molecule has 1 amide bonds. The van der Waals surface area contributed by atoms with Crippen LogP contribution < -0.4 is 5.32 Å². The number of nitrogens with one attached hydrogen (secondary N) is 2. The number of carbonyl (C=O) groups excluding carboxylic acids is 1. The number of rotatable bonds is 6. The van der Waals surface area contributed by atoms with Crippen molar-refractivity contribution >= 4 is 38.2 Å². The molecule has 2 aromatic heterocycles. The van der Waals surface area contributed by atoms with Crippen LogP contribution in [0.5, 0.6) is 0 Å². The Kier molecular flexibility index (Phi) is 5.79. The Bertz CT molecular complexity index is 1130. The van der Waals surface area contributed by atoms with Crippen LogP contribution in [0, 0.1) is 0 Å². The summed E-state index contributed by atoms with van der Waals surface area (Å²) in [4.78, 5) is 20.1. The van der Waals surface area contributed by atoms with Crippen LogP contribution in [0.15, 0.2) is 60.7 Å². The van der Waals surface area contributed by atoms with Crippen LogP contribution >= 0.6 is 11.3 Å². The summed E-state index contributed by atoms with van der Waals surface area (Å²) in [6.45, 7) is 3.73. The molecule has 1 saturated carbocycles. The van der Waals surface area contributed by atoms with Crippen LogP contribution in [0.2, 0.25) is 0 Å². The van der Waals surface area contributed by atoms with E-state index < -0.39 is 0 Å². The van der Waals surface area contributed by atoms with Crippen molar-refractivity contribution < 1.29 is 4.79 Å². The minimum atomic E-state index is 0.119. The summed E-state index contributed by atoms with van der Waals surface area (Å²) >= 11 is 1.87. The van der Waals surface area contributed by atoms with Gasteiger partial charge in [0.2, 0.25) is 0 Å². The van der Waals surface area contributed by atoms with Crippen LogP contribution in [0.1, 0.15) is 48.0 Å². The second-order valence-electron chi connectivity index (χ2n) is 8.51. The van der Waals surface area contributed by atoms with Gasteiger partial charge in [-0.3, -0.25) is 4.79 Å². The topological polar surface area (TPSA) is 48.1 Å². The van der Waals surface area contributed by atoms with Crippen molar-refractivity contribution in [3.05, 3.63) is 71.2 Å². The first-order valence-corrected chi connectivity index (χ1v) is 12.1. The highest BCUT2D eigenvalue weighted by molar-refractivity contribution is 7.19. The predicted octanol–water partition coefficient (Wildman–Crippen LogP) is 5.95. The zero-order chi connectivity index (χ0) is 21.2. The number of H-pyrrole nitrogens is 1. The maximum Gasteiger partial charge on any atom is 0.270 e. The zero-order valence-electron chi connectivity index (χ0n) is 17.9. The number of fused-ring (bicyclic) bond motifs is 2. The van der Waals surface area contributed by atoms with Gasteiger partial charge in [-0.1, -0.05) is 36.4 Å². The van der Waals surface area contributed by atoms with E-state index in [1.807, 2.05) is 41.7 Å². The van der Waals surface area contributed by atoms with Gasteiger partial charge in [0.05, 0.1) is 0 Å². The minimum absolute atomic E-state index is 0.119. The van der Waals surface area contributed by atoms with Crippen LogP contribution in [0.3, 0.4) is 0 Å². The summed E-state index contributed by atoms with van der Waals surface area (Å²) < 4.78 is 1.35. The van der Waals surface area contributed by atoms with E-state index in [9.17, 15) is 4.79 Å². The number of hydrogen-bond donors (Lipinski definition) is 2. The number of nitrogens with zero attached hydrogens (tertiary/aromatic N) is 1. The third-order valence-corrected chi connectivity index (χ3v) is 7.61. The van der Waals surface area contributed by atoms with Crippen molar-refractivity contribution in [3.8, 4) is 0 Å². The van der Waals surface area contributed by atoms with Gasteiger partial charge in [-0.05, 0) is 62.3 Å². The van der Waals surface area contributed by atoms with Gasteiger partial charge >= 0.3 is 0 Å². The highest BCUT2D eigenvalue weighted by Gasteiger charge is 2.30. The third-order valence-electron chi connectivity index (χ3n) is 6.49. The van der Waals surface area contributed by atoms with Gasteiger partial charge in [0, 0.05) is 45.7 Å². The molecule has 1 aliphatic carbocycles. The number of aromatic amines is 1. The van der Waals surface area contributed by atoms with Crippen LogP contribution in [-0.4, -0.2) is 34.4 Å². The van der Waals surface area contributed by atoms with Gasteiger partial charge < -0.3 is 15.2 Å². The van der Waals surface area contributed by atoms with Crippen molar-refractivity contribution in [2.75, 3.05) is 6.54 Å². The molecule has 2 atom stereocenters. The second kappa shape index (κ2) is 8.85. The molecule has 4 aromatic rings. The summed E-state index contributed by atoms with van der Waals surface area (Å²) in [6, 6.07) is 21.7. The molecule has 2 aromatic carbocycles. The van der Waals surface area contributed by atoms with Gasteiger partial charge in [0.25, 0.3) is 5.91 Å². The maximum atomic E-state index is 13.3. The Balaban J connectivity index is 1.25. The van der Waals surface area contributed by atoms with Gasteiger partial charge in [-0.2, -0.15) is 0 Å². The number of aromatic nitrogens is 1. The maximum absolute atomic E-state index is 13.3. The summed E-state index contributed by atoms with van der Waals surface area (Å²) in [6.07, 6.45) is 4.44. The molecule has 0 saturated heterocycles. The molecule has 31 heavy (non-hydrogen) atoms. The second-order valence-corrected chi connectivity index (χ2v) is 9.68.